The van der Waals surface area contributed by atoms with Gasteiger partial charge in [-0.2, -0.15) is 4.98 Å². The largest absolute Gasteiger partial charge is 0.386 e. The van der Waals surface area contributed by atoms with Crippen molar-refractivity contribution in [2.45, 2.75) is 25.9 Å². The fraction of sp³-hybridized carbons (Fsp3) is 0.300. The Hall–Kier alpha value is -3.13. The molecule has 2 aromatic heterocycles. The number of anilines is 1. The maximum Gasteiger partial charge on any atom is 0.259 e. The second-order valence-corrected chi connectivity index (χ2v) is 7.08. The minimum Gasteiger partial charge on any atom is -0.386 e. The van der Waals surface area contributed by atoms with Crippen LogP contribution in [0, 0.1) is 0 Å². The molecule has 0 atom stereocenters. The van der Waals surface area contributed by atoms with E-state index in [-0.39, 0.29) is 12.4 Å². The van der Waals surface area contributed by atoms with Crippen molar-refractivity contribution < 1.29 is 9.36 Å². The van der Waals surface area contributed by atoms with Gasteiger partial charge in [0, 0.05) is 19.3 Å². The first-order valence-electron chi connectivity index (χ1n) is 9.45. The molecular weight excluding hydrogens is 392 g/mol. The summed E-state index contributed by atoms with van der Waals surface area (Å²) in [4.78, 5) is 16.4. The molecule has 1 fully saturated rings. The molecule has 2 N–H and O–H groups in total. The first-order chi connectivity index (χ1) is 14.2. The molecule has 29 heavy (non-hydrogen) atoms. The van der Waals surface area contributed by atoms with Gasteiger partial charge < -0.3 is 20.0 Å². The molecule has 0 spiro atoms. The third kappa shape index (κ3) is 4.48. The zero-order valence-electron chi connectivity index (χ0n) is 15.8. The van der Waals surface area contributed by atoms with Gasteiger partial charge >= 0.3 is 0 Å². The van der Waals surface area contributed by atoms with Gasteiger partial charge in [-0.3, -0.25) is 0 Å². The number of halogens is 1. The summed E-state index contributed by atoms with van der Waals surface area (Å²) < 4.78 is 5.25. The Morgan fingerprint density at radius 3 is 2.83 bits per heavy atom. The second-order valence-electron chi connectivity index (χ2n) is 6.67. The maximum absolute atomic E-state index is 6.16. The van der Waals surface area contributed by atoms with Crippen LogP contribution in [0.2, 0.25) is 5.02 Å². The smallest absolute Gasteiger partial charge is 0.259 e. The maximum atomic E-state index is 6.16. The van der Waals surface area contributed by atoms with Crippen molar-refractivity contribution in [2.24, 2.45) is 10.9 Å². The van der Waals surface area contributed by atoms with Gasteiger partial charge in [-0.25, -0.2) is 4.98 Å². The molecule has 0 saturated carbocycles. The fourth-order valence-electron chi connectivity index (χ4n) is 3.22. The van der Waals surface area contributed by atoms with E-state index in [1.807, 2.05) is 24.3 Å². The normalized spacial score (nSPS) is 14.8. The van der Waals surface area contributed by atoms with E-state index in [9.17, 15) is 0 Å². The van der Waals surface area contributed by atoms with Gasteiger partial charge in [-0.1, -0.05) is 34.0 Å². The number of oxime groups is 1. The van der Waals surface area contributed by atoms with Gasteiger partial charge in [0.25, 0.3) is 5.89 Å². The topological polar surface area (TPSA) is 103 Å². The lowest BCUT2D eigenvalue weighted by atomic mass is 10.1. The van der Waals surface area contributed by atoms with Crippen LogP contribution in [-0.4, -0.2) is 34.0 Å². The Morgan fingerprint density at radius 1 is 1.17 bits per heavy atom. The number of benzene rings is 1. The molecular formula is C20H21ClN6O2. The van der Waals surface area contributed by atoms with Crippen LogP contribution >= 0.6 is 11.6 Å². The summed E-state index contributed by atoms with van der Waals surface area (Å²) in [5, 5.41) is 8.45. The summed E-state index contributed by atoms with van der Waals surface area (Å²) in [6.07, 6.45) is 5.30. The molecule has 1 aliphatic rings. The number of amidine groups is 1. The number of nitrogens with zero attached hydrogens (tertiary/aromatic N) is 5. The number of hydrogen-bond donors (Lipinski definition) is 1. The second kappa shape index (κ2) is 8.91. The molecule has 4 rings (SSSR count). The van der Waals surface area contributed by atoms with Crippen LogP contribution in [0.15, 0.2) is 52.3 Å². The molecule has 1 saturated heterocycles. The Kier molecular flexibility index (Phi) is 5.90. The summed E-state index contributed by atoms with van der Waals surface area (Å²) in [5.74, 6) is 1.76. The summed E-state index contributed by atoms with van der Waals surface area (Å²) in [6.45, 7) is 1.95. The average Bonchev–Trinajstić information content (AvgIpc) is 3.23. The SMILES string of the molecule is NC(=NOCc1noc(-c2ccccc2Cl)n1)c1cccnc1N1CCCCC1. The van der Waals surface area contributed by atoms with E-state index in [4.69, 9.17) is 26.7 Å². The van der Waals surface area contributed by atoms with Crippen molar-refractivity contribution in [3.05, 3.63) is 59.0 Å². The highest BCUT2D eigenvalue weighted by atomic mass is 35.5. The number of nitrogens with two attached hydrogens (primary N) is 1. The van der Waals surface area contributed by atoms with Crippen molar-refractivity contribution in [3.63, 3.8) is 0 Å². The van der Waals surface area contributed by atoms with Crippen LogP contribution in [0.1, 0.15) is 30.7 Å². The molecule has 3 aromatic rings. The average molecular weight is 413 g/mol. The van der Waals surface area contributed by atoms with Crippen LogP contribution in [0.5, 0.6) is 0 Å². The standard InChI is InChI=1S/C20H21ClN6O2/c21-16-9-3-2-7-14(16)20-24-17(25-29-20)13-28-26-18(22)15-8-6-10-23-19(15)27-11-4-1-5-12-27/h2-3,6-10H,1,4-5,11-13H2,(H2,22,26). The van der Waals surface area contributed by atoms with Crippen molar-refractivity contribution in [1.82, 2.24) is 15.1 Å². The van der Waals surface area contributed by atoms with Gasteiger partial charge in [0.15, 0.2) is 12.4 Å². The Balaban J connectivity index is 1.43. The van der Waals surface area contributed by atoms with E-state index in [1.54, 1.807) is 18.3 Å². The molecule has 9 heteroatoms. The van der Waals surface area contributed by atoms with E-state index in [1.165, 1.54) is 6.42 Å². The molecule has 1 aliphatic heterocycles. The van der Waals surface area contributed by atoms with E-state index in [0.29, 0.717) is 22.3 Å². The summed E-state index contributed by atoms with van der Waals surface area (Å²) in [5.41, 5.74) is 7.57. The van der Waals surface area contributed by atoms with Gasteiger partial charge in [-0.05, 0) is 43.5 Å². The third-order valence-corrected chi connectivity index (χ3v) is 4.98. The highest BCUT2D eigenvalue weighted by Gasteiger charge is 2.18. The van der Waals surface area contributed by atoms with Crippen LogP contribution in [0.25, 0.3) is 11.5 Å². The Labute approximate surface area is 173 Å². The summed E-state index contributed by atoms with van der Waals surface area (Å²) in [6, 6.07) is 11.0. The quantitative estimate of drug-likeness (QED) is 0.374. The number of rotatable bonds is 6. The van der Waals surface area contributed by atoms with Crippen LogP contribution < -0.4 is 10.6 Å². The van der Waals surface area contributed by atoms with Crippen molar-refractivity contribution in [3.8, 4) is 11.5 Å². The predicted molar refractivity (Wildman–Crippen MR) is 111 cm³/mol. The first kappa shape index (κ1) is 19.2. The van der Waals surface area contributed by atoms with Crippen molar-refractivity contribution in [2.75, 3.05) is 18.0 Å². The van der Waals surface area contributed by atoms with Gasteiger partial charge in [0.05, 0.1) is 16.1 Å². The number of hydrogen-bond acceptors (Lipinski definition) is 7. The lowest BCUT2D eigenvalue weighted by Gasteiger charge is -2.29. The minimum absolute atomic E-state index is 0.0218. The third-order valence-electron chi connectivity index (χ3n) is 4.65. The predicted octanol–water partition coefficient (Wildman–Crippen LogP) is 3.61. The van der Waals surface area contributed by atoms with Crippen molar-refractivity contribution in [1.29, 1.82) is 0 Å². The molecule has 1 aromatic carbocycles. The van der Waals surface area contributed by atoms with E-state index >= 15 is 0 Å². The zero-order chi connectivity index (χ0) is 20.1. The summed E-state index contributed by atoms with van der Waals surface area (Å²) in [7, 11) is 0. The van der Waals surface area contributed by atoms with Crippen LogP contribution in [-0.2, 0) is 11.4 Å². The number of pyridine rings is 1. The zero-order valence-corrected chi connectivity index (χ0v) is 16.5. The lowest BCUT2D eigenvalue weighted by Crippen LogP contribution is -2.32. The van der Waals surface area contributed by atoms with Crippen LogP contribution in [0.4, 0.5) is 5.82 Å². The number of aromatic nitrogens is 3. The minimum atomic E-state index is 0.0218. The molecule has 0 aliphatic carbocycles. The fourth-order valence-corrected chi connectivity index (χ4v) is 3.44. The Bertz CT molecular complexity index is 1000. The highest BCUT2D eigenvalue weighted by molar-refractivity contribution is 6.33. The van der Waals surface area contributed by atoms with Gasteiger partial charge in [-0.15, -0.1) is 0 Å². The lowest BCUT2D eigenvalue weighted by molar-refractivity contribution is 0.122. The highest BCUT2D eigenvalue weighted by Crippen LogP contribution is 2.26. The summed E-state index contributed by atoms with van der Waals surface area (Å²) >= 11 is 6.15. The molecule has 8 nitrogen and oxygen atoms in total. The van der Waals surface area contributed by atoms with E-state index in [2.05, 4.69) is 25.2 Å². The van der Waals surface area contributed by atoms with Crippen LogP contribution in [0.3, 0.4) is 0 Å². The van der Waals surface area contributed by atoms with Gasteiger partial charge in [0.2, 0.25) is 5.82 Å². The van der Waals surface area contributed by atoms with E-state index in [0.717, 1.165) is 37.3 Å². The molecule has 150 valence electrons. The monoisotopic (exact) mass is 412 g/mol. The van der Waals surface area contributed by atoms with E-state index < -0.39 is 0 Å². The molecule has 0 unspecified atom stereocenters. The van der Waals surface area contributed by atoms with Crippen molar-refractivity contribution >= 4 is 23.3 Å². The molecule has 0 amide bonds. The van der Waals surface area contributed by atoms with Gasteiger partial charge in [0.1, 0.15) is 5.82 Å². The first-order valence-corrected chi connectivity index (χ1v) is 9.83. The molecule has 0 radical (unpaired) electrons. The molecule has 3 heterocycles. The Morgan fingerprint density at radius 2 is 2.00 bits per heavy atom. The number of piperidine rings is 1. The molecule has 0 bridgehead atoms.